The van der Waals surface area contributed by atoms with Gasteiger partial charge in [-0.3, -0.25) is 0 Å². The topological polar surface area (TPSA) is 7.65 Å². The average Bonchev–Trinajstić information content (AvgIpc) is 3.69. The van der Waals surface area contributed by atoms with Crippen LogP contribution in [0.5, 0.6) is 0 Å². The number of pyridine rings is 1. The van der Waals surface area contributed by atoms with Gasteiger partial charge in [0.2, 0.25) is 0 Å². The van der Waals surface area contributed by atoms with Crippen molar-refractivity contribution in [2.24, 2.45) is 0 Å². The van der Waals surface area contributed by atoms with E-state index < -0.39 is 0 Å². The summed E-state index contributed by atoms with van der Waals surface area (Å²) in [5, 5.41) is 8.79. The predicted molar refractivity (Wildman–Crippen MR) is 264 cm³/mol. The second-order valence-electron chi connectivity index (χ2n) is 16.1. The molecule has 0 aliphatic carbocycles. The van der Waals surface area contributed by atoms with Crippen LogP contribution >= 0.6 is 0 Å². The largest absolute Gasteiger partial charge is 0.316 e. The zero-order valence-electron chi connectivity index (χ0n) is 34.0. The fraction of sp³-hybridized carbons (Fsp3) is 0. The molecule has 0 atom stereocenters. The van der Waals surface area contributed by atoms with Gasteiger partial charge in [0.25, 0.3) is 0 Å². The van der Waals surface area contributed by atoms with Crippen LogP contribution < -0.4 is 4.90 Å². The van der Waals surface area contributed by atoms with Crippen molar-refractivity contribution in [3.8, 4) is 44.5 Å². The van der Waals surface area contributed by atoms with Crippen LogP contribution in [-0.4, -0.2) is 4.40 Å². The predicted octanol–water partition coefficient (Wildman–Crippen LogP) is 16.7. The summed E-state index contributed by atoms with van der Waals surface area (Å²) < 4.78 is 2.32. The second-order valence-corrected chi connectivity index (χ2v) is 16.1. The molecule has 290 valence electrons. The number of rotatable bonds is 7. The maximum absolute atomic E-state index is 2.36. The minimum atomic E-state index is 1.10. The molecule has 0 spiro atoms. The van der Waals surface area contributed by atoms with E-state index in [1.807, 2.05) is 0 Å². The van der Waals surface area contributed by atoms with Crippen LogP contribution in [0.15, 0.2) is 243 Å². The molecule has 0 unspecified atom stereocenters. The van der Waals surface area contributed by atoms with Gasteiger partial charge < -0.3 is 9.30 Å². The lowest BCUT2D eigenvalue weighted by atomic mass is 9.95. The van der Waals surface area contributed by atoms with Crippen LogP contribution in [0.1, 0.15) is 0 Å². The molecule has 0 amide bonds. The van der Waals surface area contributed by atoms with Gasteiger partial charge in [0.05, 0.1) is 11.0 Å². The Balaban J connectivity index is 0.936. The first kappa shape index (κ1) is 35.7. The minimum absolute atomic E-state index is 1.10. The molecular formula is C60H40N2. The van der Waals surface area contributed by atoms with E-state index in [2.05, 4.69) is 252 Å². The van der Waals surface area contributed by atoms with Gasteiger partial charge in [-0.15, -0.1) is 0 Å². The van der Waals surface area contributed by atoms with Crippen molar-refractivity contribution < 1.29 is 0 Å². The summed E-state index contributed by atoms with van der Waals surface area (Å²) in [6, 6.07) is 86.2. The van der Waals surface area contributed by atoms with Crippen molar-refractivity contribution in [3.05, 3.63) is 243 Å². The van der Waals surface area contributed by atoms with Gasteiger partial charge in [-0.05, 0) is 132 Å². The number of anilines is 3. The van der Waals surface area contributed by atoms with E-state index in [1.165, 1.54) is 93.2 Å². The molecule has 0 saturated carbocycles. The first-order chi connectivity index (χ1) is 30.7. The maximum atomic E-state index is 2.36. The Labute approximate surface area is 360 Å². The van der Waals surface area contributed by atoms with Gasteiger partial charge in [-0.25, -0.2) is 0 Å². The monoisotopic (exact) mass is 788 g/mol. The van der Waals surface area contributed by atoms with Crippen LogP contribution in [0.25, 0.3) is 93.2 Å². The fourth-order valence-electron chi connectivity index (χ4n) is 9.63. The molecule has 0 N–H and O–H groups in total. The van der Waals surface area contributed by atoms with E-state index in [0.717, 1.165) is 17.1 Å². The second kappa shape index (κ2) is 14.8. The fourth-order valence-corrected chi connectivity index (χ4v) is 9.63. The third-order valence-corrected chi connectivity index (χ3v) is 12.6. The molecule has 2 heteroatoms. The average molecular weight is 789 g/mol. The lowest BCUT2D eigenvalue weighted by Gasteiger charge is -2.26. The van der Waals surface area contributed by atoms with Gasteiger partial charge in [0.15, 0.2) is 0 Å². The number of fused-ring (bicyclic) bond motifs is 7. The van der Waals surface area contributed by atoms with Crippen molar-refractivity contribution in [1.82, 2.24) is 4.40 Å². The minimum Gasteiger partial charge on any atom is -0.316 e. The van der Waals surface area contributed by atoms with Crippen molar-refractivity contribution in [1.29, 1.82) is 0 Å². The Bertz CT molecular complexity index is 3470. The summed E-state index contributed by atoms with van der Waals surface area (Å²) in [5.41, 5.74) is 15.5. The molecule has 0 bridgehead atoms. The molecule has 12 aromatic rings. The highest BCUT2D eigenvalue weighted by molar-refractivity contribution is 6.19. The highest BCUT2D eigenvalue weighted by Gasteiger charge is 2.18. The van der Waals surface area contributed by atoms with Crippen molar-refractivity contribution in [3.63, 3.8) is 0 Å². The van der Waals surface area contributed by atoms with Gasteiger partial charge in [-0.1, -0.05) is 176 Å². The summed E-state index contributed by atoms with van der Waals surface area (Å²) in [5.74, 6) is 0. The number of hydrogen-bond acceptors (Lipinski definition) is 1. The summed E-state index contributed by atoms with van der Waals surface area (Å²) in [4.78, 5) is 2.36. The summed E-state index contributed by atoms with van der Waals surface area (Å²) >= 11 is 0. The van der Waals surface area contributed by atoms with E-state index in [0.29, 0.717) is 0 Å². The van der Waals surface area contributed by atoms with Gasteiger partial charge in [0, 0.05) is 34.2 Å². The first-order valence-corrected chi connectivity index (χ1v) is 21.3. The smallest absolute Gasteiger partial charge is 0.0541 e. The summed E-state index contributed by atoms with van der Waals surface area (Å²) in [6.07, 6.45) is 2.17. The standard InChI is InChI=1S/C60H40N2/c1-2-14-46(15-3-1)59-57-22-8-9-39-61(57)58-38-30-48-40-47(29-37-56(48)60(58)59)41-23-31-49(32-24-41)62(50-33-25-44(26-34-50)54-20-10-16-42-12-4-6-18-52(42)54)51-35-27-45(28-36-51)55-21-11-17-43-13-5-7-19-53(43)55/h1-40H. The van der Waals surface area contributed by atoms with Crippen LogP contribution in [0.2, 0.25) is 0 Å². The van der Waals surface area contributed by atoms with Crippen molar-refractivity contribution >= 4 is 65.8 Å². The molecule has 2 heterocycles. The van der Waals surface area contributed by atoms with Crippen molar-refractivity contribution in [2.75, 3.05) is 4.90 Å². The van der Waals surface area contributed by atoms with Crippen LogP contribution in [0, 0.1) is 0 Å². The normalized spacial score (nSPS) is 11.5. The molecular weight excluding hydrogens is 749 g/mol. The first-order valence-electron chi connectivity index (χ1n) is 21.3. The van der Waals surface area contributed by atoms with E-state index >= 15 is 0 Å². The van der Waals surface area contributed by atoms with Crippen LogP contribution in [0.4, 0.5) is 17.1 Å². The molecule has 10 aromatic carbocycles. The zero-order chi connectivity index (χ0) is 41.0. The van der Waals surface area contributed by atoms with E-state index in [-0.39, 0.29) is 0 Å². The number of nitrogens with zero attached hydrogens (tertiary/aromatic N) is 2. The maximum Gasteiger partial charge on any atom is 0.0541 e. The molecule has 0 aliphatic rings. The highest BCUT2D eigenvalue weighted by atomic mass is 15.1. The summed E-state index contributed by atoms with van der Waals surface area (Å²) in [6.45, 7) is 0. The lowest BCUT2D eigenvalue weighted by molar-refractivity contribution is 1.26. The molecule has 0 saturated heterocycles. The Morgan fingerprint density at radius 3 is 1.42 bits per heavy atom. The van der Waals surface area contributed by atoms with E-state index in [9.17, 15) is 0 Å². The number of hydrogen-bond donors (Lipinski definition) is 0. The van der Waals surface area contributed by atoms with E-state index in [1.54, 1.807) is 0 Å². The van der Waals surface area contributed by atoms with Gasteiger partial charge >= 0.3 is 0 Å². The Morgan fingerprint density at radius 2 is 0.806 bits per heavy atom. The molecule has 0 radical (unpaired) electrons. The molecule has 2 aromatic heterocycles. The Hall–Kier alpha value is -8.20. The summed E-state index contributed by atoms with van der Waals surface area (Å²) in [7, 11) is 0. The van der Waals surface area contributed by atoms with Crippen LogP contribution in [-0.2, 0) is 0 Å². The number of benzene rings is 10. The zero-order valence-corrected chi connectivity index (χ0v) is 34.0. The lowest BCUT2D eigenvalue weighted by Crippen LogP contribution is -2.09. The van der Waals surface area contributed by atoms with E-state index in [4.69, 9.17) is 0 Å². The Morgan fingerprint density at radius 1 is 0.290 bits per heavy atom. The van der Waals surface area contributed by atoms with Gasteiger partial charge in [0.1, 0.15) is 0 Å². The van der Waals surface area contributed by atoms with Crippen LogP contribution in [0.3, 0.4) is 0 Å². The molecule has 2 nitrogen and oxygen atoms in total. The van der Waals surface area contributed by atoms with Gasteiger partial charge in [-0.2, -0.15) is 0 Å². The van der Waals surface area contributed by atoms with Crippen molar-refractivity contribution in [2.45, 2.75) is 0 Å². The molecule has 0 fully saturated rings. The Kier molecular flexibility index (Phi) is 8.53. The number of aromatic nitrogens is 1. The molecule has 62 heavy (non-hydrogen) atoms. The molecule has 0 aliphatic heterocycles. The quantitative estimate of drug-likeness (QED) is 0.156. The molecule has 12 rings (SSSR count). The third kappa shape index (κ3) is 6.04. The third-order valence-electron chi connectivity index (χ3n) is 12.6. The SMILES string of the molecule is c1ccc(-c2c3c4ccc(-c5ccc(N(c6ccc(-c7cccc8ccccc78)cc6)c6ccc(-c7cccc8ccccc78)cc6)cc5)cc4ccc3n3ccccc23)cc1. The highest BCUT2D eigenvalue weighted by Crippen LogP contribution is 2.42.